The standard InChI is InChI=1S/C7H11F2N3/c1-5-4-12(2)7(11-5)10-3-6(8)9/h4,6H,3H2,1-2H3,(H,10,11). The zero-order chi connectivity index (χ0) is 9.14. The molecule has 0 radical (unpaired) electrons. The Hall–Kier alpha value is -1.13. The summed E-state index contributed by atoms with van der Waals surface area (Å²) in [4.78, 5) is 4.00. The highest BCUT2D eigenvalue weighted by Gasteiger charge is 2.05. The van der Waals surface area contributed by atoms with Crippen LogP contribution in [0.15, 0.2) is 6.20 Å². The summed E-state index contributed by atoms with van der Waals surface area (Å²) in [5, 5.41) is 2.54. The van der Waals surface area contributed by atoms with Gasteiger partial charge in [-0.3, -0.25) is 0 Å². The molecule has 1 N–H and O–H groups in total. The molecular weight excluding hydrogens is 164 g/mol. The average molecular weight is 175 g/mol. The topological polar surface area (TPSA) is 29.9 Å². The molecular formula is C7H11F2N3. The van der Waals surface area contributed by atoms with Gasteiger partial charge < -0.3 is 9.88 Å². The Bertz CT molecular complexity index is 257. The second kappa shape index (κ2) is 3.51. The van der Waals surface area contributed by atoms with E-state index in [-0.39, 0.29) is 6.54 Å². The van der Waals surface area contributed by atoms with Crippen molar-refractivity contribution in [1.29, 1.82) is 0 Å². The highest BCUT2D eigenvalue weighted by Crippen LogP contribution is 2.05. The fourth-order valence-electron chi connectivity index (χ4n) is 0.949. The first-order chi connectivity index (χ1) is 5.59. The molecule has 0 aliphatic rings. The smallest absolute Gasteiger partial charge is 0.255 e. The van der Waals surface area contributed by atoms with Crippen molar-refractivity contribution in [2.24, 2.45) is 7.05 Å². The number of halogens is 2. The Morgan fingerprint density at radius 1 is 1.67 bits per heavy atom. The summed E-state index contributed by atoms with van der Waals surface area (Å²) in [5.41, 5.74) is 0.814. The van der Waals surface area contributed by atoms with Gasteiger partial charge in [0, 0.05) is 13.2 Å². The van der Waals surface area contributed by atoms with Crippen molar-refractivity contribution < 1.29 is 8.78 Å². The first-order valence-corrected chi connectivity index (χ1v) is 3.61. The lowest BCUT2D eigenvalue weighted by atomic mass is 10.6. The zero-order valence-corrected chi connectivity index (χ0v) is 7.01. The van der Waals surface area contributed by atoms with Gasteiger partial charge in [0.25, 0.3) is 6.43 Å². The normalized spacial score (nSPS) is 10.8. The van der Waals surface area contributed by atoms with E-state index in [4.69, 9.17) is 0 Å². The van der Waals surface area contributed by atoms with E-state index < -0.39 is 6.43 Å². The van der Waals surface area contributed by atoms with E-state index in [9.17, 15) is 8.78 Å². The first kappa shape index (κ1) is 8.96. The number of alkyl halides is 2. The molecule has 12 heavy (non-hydrogen) atoms. The van der Waals surface area contributed by atoms with Gasteiger partial charge in [-0.2, -0.15) is 0 Å². The molecule has 1 rings (SSSR count). The van der Waals surface area contributed by atoms with Crippen molar-refractivity contribution in [2.75, 3.05) is 11.9 Å². The fourth-order valence-corrected chi connectivity index (χ4v) is 0.949. The minimum atomic E-state index is -2.35. The molecule has 1 aromatic heterocycles. The highest BCUT2D eigenvalue weighted by molar-refractivity contribution is 5.28. The van der Waals surface area contributed by atoms with E-state index in [1.54, 1.807) is 17.8 Å². The van der Waals surface area contributed by atoms with Crippen LogP contribution in [0.5, 0.6) is 0 Å². The van der Waals surface area contributed by atoms with Gasteiger partial charge in [-0.25, -0.2) is 13.8 Å². The fraction of sp³-hybridized carbons (Fsp3) is 0.571. The van der Waals surface area contributed by atoms with Crippen molar-refractivity contribution in [2.45, 2.75) is 13.3 Å². The van der Waals surface area contributed by atoms with Crippen LogP contribution in [0, 0.1) is 6.92 Å². The predicted molar refractivity (Wildman–Crippen MR) is 42.4 cm³/mol. The molecule has 0 unspecified atom stereocenters. The third-order valence-corrected chi connectivity index (χ3v) is 1.41. The maximum absolute atomic E-state index is 11.8. The molecule has 0 aromatic carbocycles. The minimum absolute atomic E-state index is 0.357. The SMILES string of the molecule is Cc1cn(C)c(NCC(F)F)n1. The maximum Gasteiger partial charge on any atom is 0.255 e. The summed E-state index contributed by atoms with van der Waals surface area (Å²) < 4.78 is 25.2. The van der Waals surface area contributed by atoms with Gasteiger partial charge in [0.15, 0.2) is 0 Å². The molecule has 0 fully saturated rings. The minimum Gasteiger partial charge on any atom is -0.350 e. The van der Waals surface area contributed by atoms with Crippen LogP contribution in [-0.2, 0) is 7.05 Å². The second-order valence-corrected chi connectivity index (χ2v) is 2.59. The Balaban J connectivity index is 2.57. The summed E-state index contributed by atoms with van der Waals surface area (Å²) >= 11 is 0. The van der Waals surface area contributed by atoms with Crippen LogP contribution in [-0.4, -0.2) is 22.5 Å². The van der Waals surface area contributed by atoms with Crippen LogP contribution in [0.2, 0.25) is 0 Å². The average Bonchev–Trinajstić information content (AvgIpc) is 2.26. The number of nitrogens with one attached hydrogen (secondary N) is 1. The van der Waals surface area contributed by atoms with Crippen LogP contribution in [0.3, 0.4) is 0 Å². The van der Waals surface area contributed by atoms with Crippen LogP contribution >= 0.6 is 0 Å². The van der Waals surface area contributed by atoms with E-state index in [1.807, 2.05) is 6.92 Å². The predicted octanol–water partition coefficient (Wildman–Crippen LogP) is 1.41. The van der Waals surface area contributed by atoms with Crippen molar-refractivity contribution in [3.8, 4) is 0 Å². The van der Waals surface area contributed by atoms with E-state index in [1.165, 1.54) is 0 Å². The van der Waals surface area contributed by atoms with E-state index >= 15 is 0 Å². The largest absolute Gasteiger partial charge is 0.350 e. The molecule has 68 valence electrons. The summed E-state index contributed by atoms with van der Waals surface area (Å²) in [6, 6.07) is 0. The van der Waals surface area contributed by atoms with Gasteiger partial charge >= 0.3 is 0 Å². The Morgan fingerprint density at radius 3 is 2.75 bits per heavy atom. The number of imidazole rings is 1. The Labute approximate surface area is 69.4 Å². The lowest BCUT2D eigenvalue weighted by Gasteiger charge is -2.03. The molecule has 0 amide bonds. The molecule has 0 bridgehead atoms. The second-order valence-electron chi connectivity index (χ2n) is 2.59. The highest BCUT2D eigenvalue weighted by atomic mass is 19.3. The molecule has 3 nitrogen and oxygen atoms in total. The summed E-state index contributed by atoms with van der Waals surface area (Å²) in [7, 11) is 1.76. The third-order valence-electron chi connectivity index (χ3n) is 1.41. The Morgan fingerprint density at radius 2 is 2.33 bits per heavy atom. The molecule has 0 saturated carbocycles. The lowest BCUT2D eigenvalue weighted by Crippen LogP contribution is -2.13. The van der Waals surface area contributed by atoms with Crippen molar-refractivity contribution >= 4 is 5.95 Å². The third kappa shape index (κ3) is 2.18. The van der Waals surface area contributed by atoms with Gasteiger partial charge in [0.2, 0.25) is 5.95 Å². The van der Waals surface area contributed by atoms with Crippen LogP contribution in [0.1, 0.15) is 5.69 Å². The maximum atomic E-state index is 11.8. The van der Waals surface area contributed by atoms with Crippen LogP contribution < -0.4 is 5.32 Å². The Kier molecular flexibility index (Phi) is 2.62. The monoisotopic (exact) mass is 175 g/mol. The van der Waals surface area contributed by atoms with Crippen LogP contribution in [0.25, 0.3) is 0 Å². The molecule has 1 aromatic rings. The van der Waals surface area contributed by atoms with Gasteiger partial charge in [0.05, 0.1) is 12.2 Å². The number of aryl methyl sites for hydroxylation is 2. The van der Waals surface area contributed by atoms with Crippen molar-refractivity contribution in [3.63, 3.8) is 0 Å². The van der Waals surface area contributed by atoms with Crippen molar-refractivity contribution in [3.05, 3.63) is 11.9 Å². The lowest BCUT2D eigenvalue weighted by molar-refractivity contribution is 0.163. The van der Waals surface area contributed by atoms with E-state index in [0.29, 0.717) is 5.95 Å². The first-order valence-electron chi connectivity index (χ1n) is 3.61. The van der Waals surface area contributed by atoms with Gasteiger partial charge in [0.1, 0.15) is 0 Å². The molecule has 0 aliphatic carbocycles. The number of aromatic nitrogens is 2. The molecule has 1 heterocycles. The van der Waals surface area contributed by atoms with E-state index in [2.05, 4.69) is 10.3 Å². The molecule has 0 atom stereocenters. The molecule has 5 heteroatoms. The number of hydrogen-bond donors (Lipinski definition) is 1. The van der Waals surface area contributed by atoms with Gasteiger partial charge in [-0.15, -0.1) is 0 Å². The van der Waals surface area contributed by atoms with Crippen molar-refractivity contribution in [1.82, 2.24) is 9.55 Å². The summed E-state index contributed by atoms with van der Waals surface area (Å²) in [5.74, 6) is 0.479. The summed E-state index contributed by atoms with van der Waals surface area (Å²) in [6.07, 6.45) is -0.574. The van der Waals surface area contributed by atoms with Crippen LogP contribution in [0.4, 0.5) is 14.7 Å². The molecule has 0 aliphatic heterocycles. The van der Waals surface area contributed by atoms with Gasteiger partial charge in [-0.05, 0) is 6.92 Å². The van der Waals surface area contributed by atoms with Gasteiger partial charge in [-0.1, -0.05) is 0 Å². The number of anilines is 1. The number of hydrogen-bond acceptors (Lipinski definition) is 2. The number of nitrogens with zero attached hydrogens (tertiary/aromatic N) is 2. The van der Waals surface area contributed by atoms with E-state index in [0.717, 1.165) is 5.69 Å². The quantitative estimate of drug-likeness (QED) is 0.752. The number of rotatable bonds is 3. The zero-order valence-electron chi connectivity index (χ0n) is 7.01. The summed E-state index contributed by atoms with van der Waals surface area (Å²) in [6.45, 7) is 1.46. The molecule has 0 spiro atoms. The molecule has 0 saturated heterocycles.